The van der Waals surface area contributed by atoms with Crippen LogP contribution in [0.3, 0.4) is 0 Å². The summed E-state index contributed by atoms with van der Waals surface area (Å²) in [6.45, 7) is 1.33. The zero-order valence-electron chi connectivity index (χ0n) is 10.6. The summed E-state index contributed by atoms with van der Waals surface area (Å²) in [4.78, 5) is 8.10. The summed E-state index contributed by atoms with van der Waals surface area (Å²) in [7, 11) is 0. The van der Waals surface area contributed by atoms with E-state index in [1.807, 2.05) is 12.1 Å². The van der Waals surface area contributed by atoms with Crippen molar-refractivity contribution in [2.24, 2.45) is 0 Å². The fourth-order valence-electron chi connectivity index (χ4n) is 2.14. The average Bonchev–Trinajstić information content (AvgIpc) is 2.93. The molecule has 3 rings (SSSR count). The van der Waals surface area contributed by atoms with Crippen LogP contribution in [0.1, 0.15) is 16.8 Å². The molecule has 0 aliphatic carbocycles. The predicted octanol–water partition coefficient (Wildman–Crippen LogP) is 2.66. The van der Waals surface area contributed by atoms with Gasteiger partial charge in [0.1, 0.15) is 17.6 Å². The van der Waals surface area contributed by atoms with Gasteiger partial charge in [-0.15, -0.1) is 0 Å². The number of hydrogen-bond donors (Lipinski definition) is 1. The van der Waals surface area contributed by atoms with Gasteiger partial charge in [-0.25, -0.2) is 9.97 Å². The summed E-state index contributed by atoms with van der Waals surface area (Å²) in [5.74, 6) is 1.60. The first-order chi connectivity index (χ1) is 9.76. The first-order valence-corrected chi connectivity index (χ1v) is 6.95. The summed E-state index contributed by atoms with van der Waals surface area (Å²) in [5, 5.41) is 11.9. The van der Waals surface area contributed by atoms with Crippen molar-refractivity contribution in [3.63, 3.8) is 0 Å². The van der Waals surface area contributed by atoms with Gasteiger partial charge < -0.3 is 10.1 Å². The van der Waals surface area contributed by atoms with Gasteiger partial charge in [0.25, 0.3) is 0 Å². The van der Waals surface area contributed by atoms with Crippen molar-refractivity contribution in [3.8, 4) is 11.8 Å². The topological polar surface area (TPSA) is 70.8 Å². The second-order valence-electron chi connectivity index (χ2n) is 4.40. The minimum absolute atomic E-state index is 0.308. The van der Waals surface area contributed by atoms with Crippen LogP contribution in [-0.4, -0.2) is 16.6 Å². The Morgan fingerprint density at radius 3 is 3.00 bits per heavy atom. The van der Waals surface area contributed by atoms with Crippen molar-refractivity contribution in [2.45, 2.75) is 13.0 Å². The number of nitrogens with zero attached hydrogens (tertiary/aromatic N) is 3. The summed E-state index contributed by atoms with van der Waals surface area (Å²) >= 11 is 3.51. The molecule has 0 spiro atoms. The molecule has 0 radical (unpaired) electrons. The number of aromatic nitrogens is 2. The highest BCUT2D eigenvalue weighted by Crippen LogP contribution is 2.33. The maximum atomic E-state index is 8.68. The number of hydrogen-bond acceptors (Lipinski definition) is 5. The molecule has 0 saturated heterocycles. The average molecular weight is 331 g/mol. The number of nitrogens with one attached hydrogen (secondary N) is 1. The van der Waals surface area contributed by atoms with E-state index in [0.717, 1.165) is 28.8 Å². The molecule has 0 unspecified atom stereocenters. The van der Waals surface area contributed by atoms with Crippen LogP contribution in [0.4, 0.5) is 5.82 Å². The molecule has 20 heavy (non-hydrogen) atoms. The molecule has 0 fully saturated rings. The molecular formula is C14H11BrN4O. The second kappa shape index (κ2) is 5.47. The van der Waals surface area contributed by atoms with Crippen LogP contribution in [0.15, 0.2) is 29.0 Å². The maximum Gasteiger partial charge on any atom is 0.158 e. The van der Waals surface area contributed by atoms with E-state index >= 15 is 0 Å². The van der Waals surface area contributed by atoms with E-state index < -0.39 is 0 Å². The van der Waals surface area contributed by atoms with Gasteiger partial charge in [-0.1, -0.05) is 15.9 Å². The van der Waals surface area contributed by atoms with Gasteiger partial charge >= 0.3 is 0 Å². The Labute approximate surface area is 124 Å². The molecule has 6 heteroatoms. The molecule has 1 aliphatic rings. The van der Waals surface area contributed by atoms with Crippen molar-refractivity contribution >= 4 is 21.7 Å². The van der Waals surface area contributed by atoms with Crippen molar-refractivity contribution in [1.29, 1.82) is 5.26 Å². The monoisotopic (exact) mass is 330 g/mol. The fraction of sp³-hybridized carbons (Fsp3) is 0.214. The normalized spacial score (nSPS) is 12.4. The van der Waals surface area contributed by atoms with Gasteiger partial charge in [0.05, 0.1) is 19.0 Å². The predicted molar refractivity (Wildman–Crippen MR) is 77.4 cm³/mol. The van der Waals surface area contributed by atoms with Gasteiger partial charge in [0.15, 0.2) is 5.69 Å². The van der Waals surface area contributed by atoms with E-state index in [9.17, 15) is 0 Å². The molecule has 100 valence electrons. The lowest BCUT2D eigenvalue weighted by atomic mass is 10.1. The van der Waals surface area contributed by atoms with E-state index in [-0.39, 0.29) is 0 Å². The van der Waals surface area contributed by atoms with E-state index in [1.54, 1.807) is 6.20 Å². The molecule has 5 nitrogen and oxygen atoms in total. The molecule has 1 aromatic heterocycles. The highest BCUT2D eigenvalue weighted by atomic mass is 79.9. The largest absolute Gasteiger partial charge is 0.493 e. The second-order valence-corrected chi connectivity index (χ2v) is 5.32. The summed E-state index contributed by atoms with van der Waals surface area (Å²) in [5.41, 5.74) is 2.61. The van der Waals surface area contributed by atoms with E-state index in [2.05, 4.69) is 37.3 Å². The first kappa shape index (κ1) is 12.9. The smallest absolute Gasteiger partial charge is 0.158 e. The van der Waals surface area contributed by atoms with Crippen molar-refractivity contribution in [1.82, 2.24) is 9.97 Å². The Morgan fingerprint density at radius 1 is 1.35 bits per heavy atom. The van der Waals surface area contributed by atoms with Crippen molar-refractivity contribution in [3.05, 3.63) is 45.8 Å². The summed E-state index contributed by atoms with van der Waals surface area (Å²) < 4.78 is 6.72. The standard InChI is InChI=1S/C14H11BrN4O/c15-11-3-9-1-2-20-14(9)10(4-11)6-18-13-8-17-12(5-16)7-19-13/h3-4,7-8H,1-2,6H2,(H,18,19). The highest BCUT2D eigenvalue weighted by Gasteiger charge is 2.17. The van der Waals surface area contributed by atoms with Crippen LogP contribution >= 0.6 is 15.9 Å². The number of fused-ring (bicyclic) bond motifs is 1. The molecule has 0 saturated carbocycles. The quantitative estimate of drug-likeness (QED) is 0.936. The minimum Gasteiger partial charge on any atom is -0.493 e. The SMILES string of the molecule is N#Cc1cnc(NCc2cc(Br)cc3c2OCC3)cn1. The van der Waals surface area contributed by atoms with Crippen LogP contribution in [-0.2, 0) is 13.0 Å². The molecule has 0 amide bonds. The third-order valence-corrected chi connectivity index (χ3v) is 3.51. The number of benzene rings is 1. The molecule has 2 aromatic rings. The van der Waals surface area contributed by atoms with E-state index in [4.69, 9.17) is 10.00 Å². The third kappa shape index (κ3) is 2.58. The minimum atomic E-state index is 0.308. The van der Waals surface area contributed by atoms with Crippen LogP contribution in [0.5, 0.6) is 5.75 Å². The van der Waals surface area contributed by atoms with Crippen LogP contribution in [0, 0.1) is 11.3 Å². The lowest BCUT2D eigenvalue weighted by Crippen LogP contribution is -2.04. The Balaban J connectivity index is 1.77. The van der Waals surface area contributed by atoms with Gasteiger partial charge in [-0.05, 0) is 17.7 Å². The van der Waals surface area contributed by atoms with Gasteiger partial charge in [-0.2, -0.15) is 5.26 Å². The molecule has 1 aliphatic heterocycles. The summed E-state index contributed by atoms with van der Waals surface area (Å²) in [6.07, 6.45) is 3.94. The number of ether oxygens (including phenoxy) is 1. The highest BCUT2D eigenvalue weighted by molar-refractivity contribution is 9.10. The lowest BCUT2D eigenvalue weighted by Gasteiger charge is -2.10. The Kier molecular flexibility index (Phi) is 3.52. The Morgan fingerprint density at radius 2 is 2.25 bits per heavy atom. The Bertz CT molecular complexity index is 679. The maximum absolute atomic E-state index is 8.68. The molecule has 1 aromatic carbocycles. The number of anilines is 1. The molecule has 1 N–H and O–H groups in total. The van der Waals surface area contributed by atoms with E-state index in [0.29, 0.717) is 18.1 Å². The van der Waals surface area contributed by atoms with Crippen molar-refractivity contribution in [2.75, 3.05) is 11.9 Å². The Hall–Kier alpha value is -2.13. The molecular weight excluding hydrogens is 320 g/mol. The zero-order chi connectivity index (χ0) is 13.9. The summed E-state index contributed by atoms with van der Waals surface area (Å²) in [6, 6.07) is 6.07. The van der Waals surface area contributed by atoms with E-state index in [1.165, 1.54) is 11.8 Å². The van der Waals surface area contributed by atoms with Gasteiger partial charge in [0.2, 0.25) is 0 Å². The molecule has 0 atom stereocenters. The van der Waals surface area contributed by atoms with Crippen molar-refractivity contribution < 1.29 is 4.74 Å². The lowest BCUT2D eigenvalue weighted by molar-refractivity contribution is 0.354. The first-order valence-electron chi connectivity index (χ1n) is 6.16. The van der Waals surface area contributed by atoms with Crippen LogP contribution in [0.2, 0.25) is 0 Å². The fourth-order valence-corrected chi connectivity index (χ4v) is 2.69. The van der Waals surface area contributed by atoms with Crippen LogP contribution < -0.4 is 10.1 Å². The number of nitriles is 1. The van der Waals surface area contributed by atoms with Gasteiger partial charge in [-0.3, -0.25) is 0 Å². The number of rotatable bonds is 3. The third-order valence-electron chi connectivity index (χ3n) is 3.05. The molecule has 2 heterocycles. The van der Waals surface area contributed by atoms with Crippen LogP contribution in [0.25, 0.3) is 0 Å². The van der Waals surface area contributed by atoms with Gasteiger partial charge in [0, 0.05) is 23.0 Å². The number of halogens is 1. The zero-order valence-corrected chi connectivity index (χ0v) is 12.1. The molecule has 0 bridgehead atoms.